The molecule has 0 fully saturated rings. The van der Waals surface area contributed by atoms with Gasteiger partial charge in [0.1, 0.15) is 0 Å². The summed E-state index contributed by atoms with van der Waals surface area (Å²) in [4.78, 5) is 23.1. The van der Waals surface area contributed by atoms with E-state index in [1.807, 2.05) is 0 Å². The second kappa shape index (κ2) is 13.1. The van der Waals surface area contributed by atoms with Crippen LogP contribution in [0.4, 0.5) is 0 Å². The molecule has 1 aliphatic rings. The second-order valence-corrected chi connectivity index (χ2v) is 7.77. The molecule has 156 valence electrons. The molecule has 0 amide bonds. The molecule has 0 spiro atoms. The Kier molecular flexibility index (Phi) is 11.5. The van der Waals surface area contributed by atoms with E-state index in [0.717, 1.165) is 19.3 Å². The molecule has 0 aliphatic heterocycles. The van der Waals surface area contributed by atoms with Gasteiger partial charge in [-0.25, -0.2) is 0 Å². The number of aliphatic hydroxyl groups is 2. The van der Waals surface area contributed by atoms with E-state index in [1.165, 1.54) is 76.9 Å². The van der Waals surface area contributed by atoms with E-state index in [0.29, 0.717) is 6.42 Å². The van der Waals surface area contributed by atoms with Gasteiger partial charge in [0.2, 0.25) is 0 Å². The normalized spacial score (nSPS) is 23.0. The van der Waals surface area contributed by atoms with Crippen molar-refractivity contribution in [2.45, 2.75) is 115 Å². The van der Waals surface area contributed by atoms with E-state index in [1.54, 1.807) is 0 Å². The lowest BCUT2D eigenvalue weighted by Gasteiger charge is -2.32. The zero-order valence-electron chi connectivity index (χ0n) is 17.1. The molecular weight excluding hydrogens is 344 g/mol. The van der Waals surface area contributed by atoms with Gasteiger partial charge in [0, 0.05) is 6.92 Å². The van der Waals surface area contributed by atoms with Crippen molar-refractivity contribution in [3.05, 3.63) is 12.2 Å². The number of ketones is 1. The average molecular weight is 383 g/mol. The molecule has 0 aromatic heterocycles. The third-order valence-electron chi connectivity index (χ3n) is 5.38. The molecule has 1 aliphatic carbocycles. The highest BCUT2D eigenvalue weighted by Gasteiger charge is 2.52. The molecule has 3 atom stereocenters. The fraction of sp³-hybridized carbons (Fsp3) is 0.818. The van der Waals surface area contributed by atoms with Gasteiger partial charge in [0.15, 0.2) is 17.5 Å². The summed E-state index contributed by atoms with van der Waals surface area (Å²) in [6.07, 6.45) is 15.1. The zero-order valence-corrected chi connectivity index (χ0v) is 17.1. The van der Waals surface area contributed by atoms with E-state index in [-0.39, 0.29) is 0 Å². The van der Waals surface area contributed by atoms with Gasteiger partial charge < -0.3 is 14.9 Å². The Morgan fingerprint density at radius 1 is 1.04 bits per heavy atom. The Balaban J connectivity index is 2.12. The van der Waals surface area contributed by atoms with Gasteiger partial charge in [-0.15, -0.1) is 0 Å². The molecule has 0 radical (unpaired) electrons. The van der Waals surface area contributed by atoms with Crippen LogP contribution in [0.5, 0.6) is 0 Å². The number of carbonyl (C=O) groups is 2. The monoisotopic (exact) mass is 382 g/mol. The molecular formula is C22H38O5. The van der Waals surface area contributed by atoms with E-state index >= 15 is 0 Å². The summed E-state index contributed by atoms with van der Waals surface area (Å²) in [5.74, 6) is -1.18. The lowest BCUT2D eigenvalue weighted by Crippen LogP contribution is -2.55. The number of aliphatic hydroxyl groups excluding tert-OH is 1. The Morgan fingerprint density at radius 3 is 2.00 bits per heavy atom. The maximum atomic E-state index is 12.0. The minimum Gasteiger partial charge on any atom is -0.455 e. The van der Waals surface area contributed by atoms with Crippen LogP contribution in [0.15, 0.2) is 12.2 Å². The Morgan fingerprint density at radius 2 is 1.52 bits per heavy atom. The molecule has 5 nitrogen and oxygen atoms in total. The van der Waals surface area contributed by atoms with Crippen molar-refractivity contribution in [2.75, 3.05) is 0 Å². The summed E-state index contributed by atoms with van der Waals surface area (Å²) in [5, 5.41) is 20.9. The first kappa shape index (κ1) is 23.8. The topological polar surface area (TPSA) is 83.8 Å². The van der Waals surface area contributed by atoms with Crippen LogP contribution >= 0.6 is 0 Å². The maximum Gasteiger partial charge on any atom is 0.303 e. The summed E-state index contributed by atoms with van der Waals surface area (Å²) in [6.45, 7) is 3.45. The van der Waals surface area contributed by atoms with Gasteiger partial charge in [-0.3, -0.25) is 9.59 Å². The van der Waals surface area contributed by atoms with Crippen LogP contribution in [0.2, 0.25) is 0 Å². The van der Waals surface area contributed by atoms with Crippen LogP contribution in [0.25, 0.3) is 0 Å². The highest BCUT2D eigenvalue weighted by molar-refractivity contribution is 6.01. The predicted molar refractivity (Wildman–Crippen MR) is 106 cm³/mol. The molecule has 27 heavy (non-hydrogen) atoms. The quantitative estimate of drug-likeness (QED) is 0.327. The molecule has 2 N–H and O–H groups in total. The van der Waals surface area contributed by atoms with Gasteiger partial charge in [0.25, 0.3) is 0 Å². The van der Waals surface area contributed by atoms with Crippen molar-refractivity contribution < 1.29 is 24.5 Å². The van der Waals surface area contributed by atoms with Crippen molar-refractivity contribution in [1.82, 2.24) is 0 Å². The number of hydrogen-bond acceptors (Lipinski definition) is 5. The zero-order chi connectivity index (χ0) is 20.1. The summed E-state index contributed by atoms with van der Waals surface area (Å²) >= 11 is 0. The van der Waals surface area contributed by atoms with Crippen LogP contribution in [-0.2, 0) is 14.3 Å². The molecule has 0 saturated heterocycles. The number of esters is 1. The molecule has 0 aromatic rings. The van der Waals surface area contributed by atoms with Crippen LogP contribution in [0.1, 0.15) is 97.3 Å². The Labute approximate surface area is 164 Å². The number of ether oxygens (including phenoxy) is 1. The van der Waals surface area contributed by atoms with Crippen molar-refractivity contribution in [3.8, 4) is 0 Å². The molecule has 0 aromatic carbocycles. The number of rotatable bonds is 15. The lowest BCUT2D eigenvalue weighted by atomic mass is 9.87. The van der Waals surface area contributed by atoms with Gasteiger partial charge in [-0.05, 0) is 18.6 Å². The molecule has 0 heterocycles. The van der Waals surface area contributed by atoms with E-state index in [9.17, 15) is 19.8 Å². The SMILES string of the molecule is CCCCCCCCCCCCCCC(O)[C@@]1(O)C(=O)C=C[C@H]1OC(C)=O. The van der Waals surface area contributed by atoms with E-state index in [2.05, 4.69) is 6.92 Å². The van der Waals surface area contributed by atoms with Crippen LogP contribution in [-0.4, -0.2) is 39.8 Å². The highest BCUT2D eigenvalue weighted by Crippen LogP contribution is 2.30. The van der Waals surface area contributed by atoms with Gasteiger partial charge in [0.05, 0.1) is 6.10 Å². The first-order chi connectivity index (χ1) is 12.9. The van der Waals surface area contributed by atoms with Crippen molar-refractivity contribution in [3.63, 3.8) is 0 Å². The smallest absolute Gasteiger partial charge is 0.303 e. The predicted octanol–water partition coefficient (Wildman–Crippen LogP) is 4.24. The largest absolute Gasteiger partial charge is 0.455 e. The van der Waals surface area contributed by atoms with Gasteiger partial charge in [-0.1, -0.05) is 84.0 Å². The van der Waals surface area contributed by atoms with Crippen LogP contribution in [0.3, 0.4) is 0 Å². The minimum atomic E-state index is -2.04. The van der Waals surface area contributed by atoms with Gasteiger partial charge in [-0.2, -0.15) is 0 Å². The number of carbonyl (C=O) groups excluding carboxylic acids is 2. The van der Waals surface area contributed by atoms with E-state index in [4.69, 9.17) is 4.74 Å². The number of hydrogen-bond donors (Lipinski definition) is 2. The summed E-state index contributed by atoms with van der Waals surface area (Å²) in [7, 11) is 0. The molecule has 0 bridgehead atoms. The van der Waals surface area contributed by atoms with Crippen molar-refractivity contribution >= 4 is 11.8 Å². The second-order valence-electron chi connectivity index (χ2n) is 7.77. The van der Waals surface area contributed by atoms with Crippen molar-refractivity contribution in [2.24, 2.45) is 0 Å². The third-order valence-corrected chi connectivity index (χ3v) is 5.38. The fourth-order valence-corrected chi connectivity index (χ4v) is 3.66. The first-order valence-electron chi connectivity index (χ1n) is 10.7. The summed E-state index contributed by atoms with van der Waals surface area (Å²) < 4.78 is 4.97. The maximum absolute atomic E-state index is 12.0. The van der Waals surface area contributed by atoms with Crippen LogP contribution in [0, 0.1) is 0 Å². The molecule has 0 saturated carbocycles. The molecule has 5 heteroatoms. The van der Waals surface area contributed by atoms with Crippen LogP contribution < -0.4 is 0 Å². The third kappa shape index (κ3) is 8.14. The summed E-state index contributed by atoms with van der Waals surface area (Å²) in [6, 6.07) is 0. The standard InChI is InChI=1S/C22H38O5/c1-3-4-5-6-7-8-9-10-11-12-13-14-15-19(24)22(26)20(25)16-17-21(22)27-18(2)23/h16-17,19,21,24,26H,3-15H2,1-2H3/t19?,21-,22-/m1/s1. The first-order valence-corrected chi connectivity index (χ1v) is 10.7. The highest BCUT2D eigenvalue weighted by atomic mass is 16.6. The fourth-order valence-electron chi connectivity index (χ4n) is 3.66. The summed E-state index contributed by atoms with van der Waals surface area (Å²) in [5.41, 5.74) is -2.04. The Bertz CT molecular complexity index is 473. The molecule has 1 unspecified atom stereocenters. The molecule has 1 rings (SSSR count). The number of unbranched alkanes of at least 4 members (excludes halogenated alkanes) is 11. The minimum absolute atomic E-state index is 0.319. The lowest BCUT2D eigenvalue weighted by molar-refractivity contribution is -0.174. The Hall–Kier alpha value is -1.20. The van der Waals surface area contributed by atoms with Crippen molar-refractivity contribution in [1.29, 1.82) is 0 Å². The average Bonchev–Trinajstić information content (AvgIpc) is 2.91. The van der Waals surface area contributed by atoms with Gasteiger partial charge >= 0.3 is 5.97 Å². The van der Waals surface area contributed by atoms with E-state index < -0.39 is 29.6 Å².